The van der Waals surface area contributed by atoms with E-state index >= 15 is 0 Å². The molecule has 2 nitrogen and oxygen atoms in total. The lowest BCUT2D eigenvalue weighted by Crippen LogP contribution is -2.37. The smallest absolute Gasteiger partial charge is 0.0694 e. The second kappa shape index (κ2) is 3.71. The molecule has 1 aromatic carbocycles. The van der Waals surface area contributed by atoms with Crippen LogP contribution in [0.2, 0.25) is 0 Å². The van der Waals surface area contributed by atoms with Crippen LogP contribution in [0.25, 0.3) is 11.3 Å². The number of nitrogens with zero attached hydrogens (tertiary/aromatic N) is 1. The van der Waals surface area contributed by atoms with Crippen molar-refractivity contribution < 1.29 is 0 Å². The topological polar surface area (TPSA) is 28.7 Å². The van der Waals surface area contributed by atoms with E-state index in [1.54, 1.807) is 0 Å². The first-order valence-electron chi connectivity index (χ1n) is 6.73. The molecule has 0 atom stereocenters. The fraction of sp³-hybridized carbons (Fsp3) is 0.438. The van der Waals surface area contributed by atoms with Crippen molar-refractivity contribution >= 4 is 0 Å². The van der Waals surface area contributed by atoms with E-state index < -0.39 is 0 Å². The maximum atomic E-state index is 4.28. The quantitative estimate of drug-likeness (QED) is 0.844. The highest BCUT2D eigenvalue weighted by molar-refractivity contribution is 5.78. The fourth-order valence-corrected chi connectivity index (χ4v) is 3.92. The zero-order chi connectivity index (χ0) is 12.9. The molecule has 0 radical (unpaired) electrons. The van der Waals surface area contributed by atoms with E-state index in [1.165, 1.54) is 22.4 Å². The summed E-state index contributed by atoms with van der Waals surface area (Å²) in [7, 11) is 0. The average molecular weight is 240 g/mol. The lowest BCUT2D eigenvalue weighted by molar-refractivity contribution is 0.280. The lowest BCUT2D eigenvalue weighted by atomic mass is 9.63. The average Bonchev–Trinajstić information content (AvgIpc) is 2.86. The summed E-state index contributed by atoms with van der Waals surface area (Å²) in [5, 5.41) is 7.47. The van der Waals surface area contributed by atoms with Gasteiger partial charge < -0.3 is 0 Å². The van der Waals surface area contributed by atoms with Crippen LogP contribution >= 0.6 is 0 Å². The number of aromatic amines is 1. The molecule has 3 rings (SSSR count). The van der Waals surface area contributed by atoms with Crippen molar-refractivity contribution in [2.45, 2.75) is 33.1 Å². The fourth-order valence-electron chi connectivity index (χ4n) is 3.92. The van der Waals surface area contributed by atoms with Gasteiger partial charge in [-0.3, -0.25) is 5.10 Å². The Morgan fingerprint density at radius 1 is 1.00 bits per heavy atom. The monoisotopic (exact) mass is 240 g/mol. The highest BCUT2D eigenvalue weighted by atomic mass is 15.1. The first kappa shape index (κ1) is 11.5. The van der Waals surface area contributed by atoms with E-state index in [0.717, 1.165) is 0 Å². The Balaban J connectivity index is 2.40. The van der Waals surface area contributed by atoms with E-state index in [9.17, 15) is 0 Å². The molecule has 94 valence electrons. The summed E-state index contributed by atoms with van der Waals surface area (Å²) in [6, 6.07) is 8.75. The number of hydrogen-bond acceptors (Lipinski definition) is 1. The van der Waals surface area contributed by atoms with Gasteiger partial charge in [0.2, 0.25) is 0 Å². The van der Waals surface area contributed by atoms with Gasteiger partial charge in [0.25, 0.3) is 0 Å². The van der Waals surface area contributed by atoms with E-state index in [2.05, 4.69) is 62.2 Å². The van der Waals surface area contributed by atoms with Gasteiger partial charge in [0, 0.05) is 16.5 Å². The summed E-state index contributed by atoms with van der Waals surface area (Å²) in [6.45, 7) is 9.27. The summed E-state index contributed by atoms with van der Waals surface area (Å²) >= 11 is 0. The number of hydrogen-bond donors (Lipinski definition) is 1. The second-order valence-corrected chi connectivity index (χ2v) is 5.88. The predicted octanol–water partition coefficient (Wildman–Crippen LogP) is 3.99. The Bertz CT molecular complexity index is 570. The minimum absolute atomic E-state index is 0.0962. The molecule has 0 spiro atoms. The van der Waals surface area contributed by atoms with Crippen LogP contribution in [0.15, 0.2) is 30.5 Å². The number of H-pyrrole nitrogens is 1. The van der Waals surface area contributed by atoms with Gasteiger partial charge >= 0.3 is 0 Å². The van der Waals surface area contributed by atoms with Crippen molar-refractivity contribution in [3.05, 3.63) is 41.6 Å². The third-order valence-electron chi connectivity index (χ3n) is 4.55. The highest BCUT2D eigenvalue weighted by Crippen LogP contribution is 2.55. The standard InChI is InChI=1S/C16H20N2/c1-10(2)16(11(3)4)13-8-6-5-7-12(13)15-14(16)9-17-18-15/h5-11H,1-4H3,(H,17,18). The van der Waals surface area contributed by atoms with Gasteiger partial charge in [-0.05, 0) is 17.4 Å². The first-order chi connectivity index (χ1) is 8.60. The molecule has 0 fully saturated rings. The molecular weight excluding hydrogens is 220 g/mol. The molecule has 0 amide bonds. The largest absolute Gasteiger partial charge is 0.278 e. The van der Waals surface area contributed by atoms with Crippen LogP contribution in [-0.4, -0.2) is 10.2 Å². The molecule has 1 N–H and O–H groups in total. The molecule has 1 aliphatic carbocycles. The maximum absolute atomic E-state index is 4.28. The lowest BCUT2D eigenvalue weighted by Gasteiger charge is -2.39. The van der Waals surface area contributed by atoms with E-state index in [-0.39, 0.29) is 5.41 Å². The molecule has 1 aliphatic rings. The predicted molar refractivity (Wildman–Crippen MR) is 74.5 cm³/mol. The Morgan fingerprint density at radius 3 is 2.33 bits per heavy atom. The highest BCUT2D eigenvalue weighted by Gasteiger charge is 2.48. The summed E-state index contributed by atoms with van der Waals surface area (Å²) in [6.07, 6.45) is 2.02. The summed E-state index contributed by atoms with van der Waals surface area (Å²) < 4.78 is 0. The molecule has 0 bridgehead atoms. The van der Waals surface area contributed by atoms with Gasteiger partial charge in [0.15, 0.2) is 0 Å². The summed E-state index contributed by atoms with van der Waals surface area (Å²) in [5.74, 6) is 1.11. The number of nitrogens with one attached hydrogen (secondary N) is 1. The van der Waals surface area contributed by atoms with Gasteiger partial charge in [-0.2, -0.15) is 5.10 Å². The Kier molecular flexibility index (Phi) is 2.37. The van der Waals surface area contributed by atoms with Crippen LogP contribution in [-0.2, 0) is 5.41 Å². The number of benzene rings is 1. The molecule has 0 saturated carbocycles. The molecule has 0 aliphatic heterocycles. The number of rotatable bonds is 2. The van der Waals surface area contributed by atoms with Crippen LogP contribution < -0.4 is 0 Å². The van der Waals surface area contributed by atoms with Crippen LogP contribution in [0, 0.1) is 11.8 Å². The molecule has 0 saturated heterocycles. The third-order valence-corrected chi connectivity index (χ3v) is 4.55. The van der Waals surface area contributed by atoms with E-state index in [4.69, 9.17) is 0 Å². The Hall–Kier alpha value is -1.57. The minimum atomic E-state index is 0.0962. The van der Waals surface area contributed by atoms with Crippen LogP contribution in [0.4, 0.5) is 0 Å². The molecule has 1 heterocycles. The zero-order valence-corrected chi connectivity index (χ0v) is 11.5. The number of aromatic nitrogens is 2. The van der Waals surface area contributed by atoms with Gasteiger partial charge in [-0.25, -0.2) is 0 Å². The molecule has 18 heavy (non-hydrogen) atoms. The normalized spacial score (nSPS) is 16.1. The zero-order valence-electron chi connectivity index (χ0n) is 11.5. The first-order valence-corrected chi connectivity index (χ1v) is 6.73. The van der Waals surface area contributed by atoms with Crippen molar-refractivity contribution in [1.82, 2.24) is 10.2 Å². The Morgan fingerprint density at radius 2 is 1.67 bits per heavy atom. The SMILES string of the molecule is CC(C)C1(C(C)C)c2ccccc2-c2[nH]ncc21. The third kappa shape index (κ3) is 1.16. The minimum Gasteiger partial charge on any atom is -0.278 e. The van der Waals surface area contributed by atoms with Gasteiger partial charge in [0.05, 0.1) is 11.9 Å². The summed E-state index contributed by atoms with van der Waals surface area (Å²) in [4.78, 5) is 0. The second-order valence-electron chi connectivity index (χ2n) is 5.88. The van der Waals surface area contributed by atoms with Crippen molar-refractivity contribution in [2.75, 3.05) is 0 Å². The summed E-state index contributed by atoms with van der Waals surface area (Å²) in [5.41, 5.74) is 5.46. The maximum Gasteiger partial charge on any atom is 0.0694 e. The van der Waals surface area contributed by atoms with Crippen LogP contribution in [0.1, 0.15) is 38.8 Å². The van der Waals surface area contributed by atoms with Gasteiger partial charge in [-0.1, -0.05) is 52.0 Å². The molecule has 0 unspecified atom stereocenters. The van der Waals surface area contributed by atoms with Crippen LogP contribution in [0.5, 0.6) is 0 Å². The van der Waals surface area contributed by atoms with Crippen molar-refractivity contribution in [3.63, 3.8) is 0 Å². The van der Waals surface area contributed by atoms with E-state index in [1.807, 2.05) is 6.20 Å². The van der Waals surface area contributed by atoms with Crippen LogP contribution in [0.3, 0.4) is 0 Å². The molecule has 2 heteroatoms. The van der Waals surface area contributed by atoms with Crippen molar-refractivity contribution in [3.8, 4) is 11.3 Å². The van der Waals surface area contributed by atoms with Crippen molar-refractivity contribution in [1.29, 1.82) is 0 Å². The Labute approximate surface area is 108 Å². The molecule has 2 aromatic rings. The van der Waals surface area contributed by atoms with Gasteiger partial charge in [-0.15, -0.1) is 0 Å². The van der Waals surface area contributed by atoms with Gasteiger partial charge in [0.1, 0.15) is 0 Å². The van der Waals surface area contributed by atoms with Crippen molar-refractivity contribution in [2.24, 2.45) is 11.8 Å². The molecule has 1 aromatic heterocycles. The molecular formula is C16H20N2. The van der Waals surface area contributed by atoms with E-state index in [0.29, 0.717) is 11.8 Å². The number of fused-ring (bicyclic) bond motifs is 3.